The maximum Gasteiger partial charge on any atom is 0.236 e. The van der Waals surface area contributed by atoms with Crippen molar-refractivity contribution in [2.24, 2.45) is 0 Å². The van der Waals surface area contributed by atoms with Gasteiger partial charge in [-0.2, -0.15) is 0 Å². The van der Waals surface area contributed by atoms with Crippen LogP contribution in [0.3, 0.4) is 0 Å². The first-order valence-corrected chi connectivity index (χ1v) is 15.0. The van der Waals surface area contributed by atoms with E-state index in [1.165, 1.54) is 43.4 Å². The van der Waals surface area contributed by atoms with Gasteiger partial charge in [-0.05, 0) is 56.3 Å². The molecule has 0 fully saturated rings. The van der Waals surface area contributed by atoms with Crippen molar-refractivity contribution in [2.45, 2.75) is 0 Å². The number of aromatic nitrogens is 3. The Balaban J connectivity index is 1.26. The monoisotopic (exact) mass is 553 g/mol. The van der Waals surface area contributed by atoms with Crippen LogP contribution in [-0.2, 0) is 0 Å². The lowest BCUT2D eigenvalue weighted by atomic mass is 9.97. The minimum Gasteiger partial charge on any atom is -0.278 e. The van der Waals surface area contributed by atoms with Crippen LogP contribution in [0.4, 0.5) is 0 Å². The molecule has 0 amide bonds. The fourth-order valence-electron chi connectivity index (χ4n) is 6.40. The summed E-state index contributed by atoms with van der Waals surface area (Å²) in [6, 6.07) is 47.6. The van der Waals surface area contributed by atoms with Crippen molar-refractivity contribution in [3.8, 4) is 28.3 Å². The van der Waals surface area contributed by atoms with E-state index in [-0.39, 0.29) is 0 Å². The first-order chi connectivity index (χ1) is 20.8. The molecule has 9 aromatic rings. The number of thiophene rings is 1. The van der Waals surface area contributed by atoms with Gasteiger partial charge in [0, 0.05) is 21.7 Å². The molecule has 0 spiro atoms. The number of rotatable bonds is 3. The summed E-state index contributed by atoms with van der Waals surface area (Å²) in [5.41, 5.74) is 6.69. The second-order valence-corrected chi connectivity index (χ2v) is 11.5. The molecule has 0 unspecified atom stereocenters. The van der Waals surface area contributed by atoms with Gasteiger partial charge in [0.2, 0.25) is 5.95 Å². The zero-order valence-corrected chi connectivity index (χ0v) is 23.3. The topological polar surface area (TPSA) is 30.7 Å². The second-order valence-electron chi connectivity index (χ2n) is 10.6. The summed E-state index contributed by atoms with van der Waals surface area (Å²) in [5.74, 6) is 0.694. The number of benzene rings is 6. The van der Waals surface area contributed by atoms with Crippen molar-refractivity contribution in [1.82, 2.24) is 14.5 Å². The van der Waals surface area contributed by atoms with Crippen molar-refractivity contribution in [1.29, 1.82) is 0 Å². The molecule has 3 heterocycles. The average Bonchev–Trinajstić information content (AvgIpc) is 3.67. The molecule has 0 saturated carbocycles. The molecular weight excluding hydrogens is 531 g/mol. The second kappa shape index (κ2) is 9.10. The third kappa shape index (κ3) is 3.46. The summed E-state index contributed by atoms with van der Waals surface area (Å²) >= 11 is 1.66. The molecule has 0 bridgehead atoms. The summed E-state index contributed by atoms with van der Waals surface area (Å²) in [5, 5.41) is 10.6. The lowest BCUT2D eigenvalue weighted by Crippen LogP contribution is -2.02. The Morgan fingerprint density at radius 2 is 1.17 bits per heavy atom. The normalized spacial score (nSPS) is 11.8. The highest BCUT2D eigenvalue weighted by Crippen LogP contribution is 2.38. The van der Waals surface area contributed by atoms with Crippen LogP contribution in [0, 0.1) is 0 Å². The third-order valence-corrected chi connectivity index (χ3v) is 9.14. The van der Waals surface area contributed by atoms with Gasteiger partial charge in [0.05, 0.1) is 16.7 Å². The van der Waals surface area contributed by atoms with Crippen LogP contribution in [0.15, 0.2) is 139 Å². The highest BCUT2D eigenvalue weighted by atomic mass is 32.1. The van der Waals surface area contributed by atoms with Gasteiger partial charge in [-0.15, -0.1) is 11.3 Å². The molecule has 3 nitrogen and oxygen atoms in total. The van der Waals surface area contributed by atoms with E-state index in [0.29, 0.717) is 5.95 Å². The van der Waals surface area contributed by atoms with E-state index in [4.69, 9.17) is 9.97 Å². The Kier molecular flexibility index (Phi) is 5.07. The molecular formula is C38H23N3S. The highest BCUT2D eigenvalue weighted by molar-refractivity contribution is 7.16. The van der Waals surface area contributed by atoms with E-state index in [0.717, 1.165) is 32.5 Å². The Morgan fingerprint density at radius 3 is 2.02 bits per heavy atom. The standard InChI is InChI=1S/C38H23N3S/c1-3-11-28-24(8-1)10-7-14-29(28)26-16-18-27(19-17-26)36-32-22-23-42-37(32)40-38(39-36)41-33-15-6-5-13-31(33)35-30-12-4-2-9-25(30)20-21-34(35)41/h1-23H. The molecule has 4 heteroatoms. The van der Waals surface area contributed by atoms with Crippen LogP contribution < -0.4 is 0 Å². The van der Waals surface area contributed by atoms with E-state index < -0.39 is 0 Å². The number of hydrogen-bond donors (Lipinski definition) is 0. The van der Waals surface area contributed by atoms with E-state index in [1.54, 1.807) is 11.3 Å². The lowest BCUT2D eigenvalue weighted by Gasteiger charge is -2.11. The van der Waals surface area contributed by atoms with Gasteiger partial charge in [0.25, 0.3) is 0 Å². The Bertz CT molecular complexity index is 2460. The predicted octanol–water partition coefficient (Wildman–Crippen LogP) is 10.4. The molecule has 42 heavy (non-hydrogen) atoms. The Hall–Kier alpha value is -5.32. The van der Waals surface area contributed by atoms with Crippen molar-refractivity contribution < 1.29 is 0 Å². The van der Waals surface area contributed by atoms with Crippen molar-refractivity contribution in [3.63, 3.8) is 0 Å². The molecule has 9 rings (SSSR count). The summed E-state index contributed by atoms with van der Waals surface area (Å²) in [7, 11) is 0. The summed E-state index contributed by atoms with van der Waals surface area (Å²) < 4.78 is 2.23. The SMILES string of the molecule is c1ccc2c(-c3ccc(-c4nc(-n5c6ccccc6c6c7ccccc7ccc65)nc5sccc45)cc3)cccc2c1. The van der Waals surface area contributed by atoms with E-state index in [9.17, 15) is 0 Å². The number of hydrogen-bond acceptors (Lipinski definition) is 3. The minimum atomic E-state index is 0.694. The van der Waals surface area contributed by atoms with E-state index >= 15 is 0 Å². The van der Waals surface area contributed by atoms with Gasteiger partial charge in [-0.1, -0.05) is 115 Å². The van der Waals surface area contributed by atoms with Crippen molar-refractivity contribution in [3.05, 3.63) is 139 Å². The van der Waals surface area contributed by atoms with Crippen LogP contribution in [0.25, 0.3) is 81.9 Å². The maximum absolute atomic E-state index is 5.28. The van der Waals surface area contributed by atoms with Gasteiger partial charge in [0.15, 0.2) is 0 Å². The van der Waals surface area contributed by atoms with E-state index in [2.05, 4.69) is 143 Å². The maximum atomic E-state index is 5.28. The number of para-hydroxylation sites is 1. The molecule has 0 radical (unpaired) electrons. The molecule has 0 N–H and O–H groups in total. The highest BCUT2D eigenvalue weighted by Gasteiger charge is 2.19. The summed E-state index contributed by atoms with van der Waals surface area (Å²) in [4.78, 5) is 11.4. The fraction of sp³-hybridized carbons (Fsp3) is 0. The van der Waals surface area contributed by atoms with Gasteiger partial charge in [-0.3, -0.25) is 4.57 Å². The number of nitrogens with zero attached hydrogens (tertiary/aromatic N) is 3. The van der Waals surface area contributed by atoms with Gasteiger partial charge >= 0.3 is 0 Å². The quantitative estimate of drug-likeness (QED) is 0.218. The lowest BCUT2D eigenvalue weighted by molar-refractivity contribution is 1.02. The van der Waals surface area contributed by atoms with Crippen molar-refractivity contribution in [2.75, 3.05) is 0 Å². The van der Waals surface area contributed by atoms with Crippen LogP contribution in [0.5, 0.6) is 0 Å². The molecule has 0 aliphatic carbocycles. The molecule has 0 aliphatic heterocycles. The smallest absolute Gasteiger partial charge is 0.236 e. The van der Waals surface area contributed by atoms with Crippen LogP contribution >= 0.6 is 11.3 Å². The molecule has 0 aliphatic rings. The van der Waals surface area contributed by atoms with E-state index in [1.807, 2.05) is 0 Å². The third-order valence-electron chi connectivity index (χ3n) is 8.33. The van der Waals surface area contributed by atoms with Crippen LogP contribution in [0.1, 0.15) is 0 Å². The average molecular weight is 554 g/mol. The van der Waals surface area contributed by atoms with Crippen molar-refractivity contribution >= 4 is 64.9 Å². The Labute approximate surface area is 246 Å². The minimum absolute atomic E-state index is 0.694. The Morgan fingerprint density at radius 1 is 0.476 bits per heavy atom. The molecule has 6 aromatic carbocycles. The zero-order chi connectivity index (χ0) is 27.6. The molecule has 3 aromatic heterocycles. The molecule has 196 valence electrons. The summed E-state index contributed by atoms with van der Waals surface area (Å²) in [6.45, 7) is 0. The first kappa shape index (κ1) is 23.4. The van der Waals surface area contributed by atoms with Gasteiger partial charge < -0.3 is 0 Å². The first-order valence-electron chi connectivity index (χ1n) is 14.1. The van der Waals surface area contributed by atoms with Gasteiger partial charge in [-0.25, -0.2) is 9.97 Å². The fourth-order valence-corrected chi connectivity index (χ4v) is 7.16. The van der Waals surface area contributed by atoms with Gasteiger partial charge in [0.1, 0.15) is 4.83 Å². The molecule has 0 atom stereocenters. The molecule has 0 saturated heterocycles. The predicted molar refractivity (Wildman–Crippen MR) is 178 cm³/mol. The number of fused-ring (bicyclic) bond motifs is 7. The van der Waals surface area contributed by atoms with Crippen LogP contribution in [-0.4, -0.2) is 14.5 Å². The van der Waals surface area contributed by atoms with Crippen LogP contribution in [0.2, 0.25) is 0 Å². The zero-order valence-electron chi connectivity index (χ0n) is 22.5. The summed E-state index contributed by atoms with van der Waals surface area (Å²) in [6.07, 6.45) is 0. The largest absolute Gasteiger partial charge is 0.278 e.